The van der Waals surface area contributed by atoms with Crippen molar-refractivity contribution in [2.24, 2.45) is 17.8 Å². The SMILES string of the molecule is C=C(C)N1CC(C)C1.CC(C)=[N+]1CC(C)C1.CC1CN(C)C1.[Rf]. The molecule has 3 nitrogen and oxygen atoms in total. The van der Waals surface area contributed by atoms with E-state index in [0.717, 1.165) is 17.8 Å². The van der Waals surface area contributed by atoms with Gasteiger partial charge in [-0.15, -0.1) is 0 Å². The van der Waals surface area contributed by atoms with E-state index in [0.29, 0.717) is 0 Å². The molecule has 3 aliphatic heterocycles. The number of rotatable bonds is 1. The molecule has 0 aromatic heterocycles. The van der Waals surface area contributed by atoms with Gasteiger partial charge in [0.2, 0.25) is 0 Å². The van der Waals surface area contributed by atoms with Crippen molar-refractivity contribution in [1.29, 1.82) is 0 Å². The first-order valence-corrected chi connectivity index (χ1v) is 8.83. The molecule has 3 rings (SSSR count). The molecule has 0 spiro atoms. The Morgan fingerprint density at radius 1 is 0.870 bits per heavy atom. The molecule has 0 bridgehead atoms. The average Bonchev–Trinajstić information content (AvgIpc) is 2.31. The van der Waals surface area contributed by atoms with Crippen molar-refractivity contribution in [3.05, 3.63) is 12.3 Å². The van der Waals surface area contributed by atoms with Gasteiger partial charge in [0.05, 0.1) is 5.92 Å². The van der Waals surface area contributed by atoms with Crippen molar-refractivity contribution in [3.8, 4) is 0 Å². The summed E-state index contributed by atoms with van der Waals surface area (Å²) in [5.41, 5.74) is 2.67. The number of likely N-dealkylation sites (tertiary alicyclic amines) is 2. The third-order valence-corrected chi connectivity index (χ3v) is 4.55. The summed E-state index contributed by atoms with van der Waals surface area (Å²) >= 11 is 0. The van der Waals surface area contributed by atoms with E-state index in [-0.39, 0.29) is 0 Å². The summed E-state index contributed by atoms with van der Waals surface area (Å²) in [6.45, 7) is 24.7. The third kappa shape index (κ3) is 7.32. The molecule has 0 N–H and O–H groups in total. The normalized spacial score (nSPS) is 23.7. The van der Waals surface area contributed by atoms with Crippen LogP contribution in [0.25, 0.3) is 0 Å². The second kappa shape index (κ2) is 9.34. The first-order valence-electron chi connectivity index (χ1n) is 8.83. The Kier molecular flexibility index (Phi) is 8.60. The summed E-state index contributed by atoms with van der Waals surface area (Å²) < 4.78 is 2.41. The van der Waals surface area contributed by atoms with Crippen LogP contribution in [0.1, 0.15) is 41.5 Å². The zero-order valence-corrected chi connectivity index (χ0v) is 23.1. The quantitative estimate of drug-likeness (QED) is 0.445. The van der Waals surface area contributed by atoms with Crippen molar-refractivity contribution in [3.63, 3.8) is 0 Å². The van der Waals surface area contributed by atoms with Crippen LogP contribution in [0.15, 0.2) is 12.3 Å². The van der Waals surface area contributed by atoms with Gasteiger partial charge in [-0.3, -0.25) is 0 Å². The molecule has 0 aromatic carbocycles. The number of hydrogen-bond donors (Lipinski definition) is 0. The number of nitrogens with zero attached hydrogens (tertiary/aromatic N) is 3. The fourth-order valence-electron chi connectivity index (χ4n) is 3.09. The van der Waals surface area contributed by atoms with E-state index in [9.17, 15) is 0 Å². The van der Waals surface area contributed by atoms with Crippen LogP contribution in [0, 0.1) is 17.8 Å². The molecule has 0 radical (unpaired) electrons. The summed E-state index contributed by atoms with van der Waals surface area (Å²) in [7, 11) is 2.15. The minimum Gasteiger partial charge on any atom is -0.375 e. The van der Waals surface area contributed by atoms with E-state index >= 15 is 0 Å². The molecule has 3 heterocycles. The molecule has 23 heavy (non-hydrogen) atoms. The first kappa shape index (κ1) is 21.2. The Labute approximate surface area is 138 Å². The van der Waals surface area contributed by atoms with E-state index in [1.165, 1.54) is 50.7 Å². The molecule has 0 amide bonds. The van der Waals surface area contributed by atoms with Crippen molar-refractivity contribution >= 4 is 5.71 Å². The Morgan fingerprint density at radius 3 is 1.39 bits per heavy atom. The van der Waals surface area contributed by atoms with Crippen LogP contribution in [0.3, 0.4) is 0 Å². The Balaban J connectivity index is 0.000000312. The van der Waals surface area contributed by atoms with Gasteiger partial charge in [0.25, 0.3) is 0 Å². The smallest absolute Gasteiger partial charge is 0.151 e. The molecule has 0 aliphatic carbocycles. The topological polar surface area (TPSA) is 9.49 Å². The Hall–Kier alpha value is -1.83. The van der Waals surface area contributed by atoms with Gasteiger partial charge in [-0.25, -0.2) is 4.58 Å². The van der Waals surface area contributed by atoms with Crippen LogP contribution in [-0.2, 0) is 0 Å². The van der Waals surface area contributed by atoms with Crippen molar-refractivity contribution in [2.45, 2.75) is 41.5 Å². The molecule has 3 aliphatic rings. The molecule has 0 atom stereocenters. The molecule has 130 valence electrons. The molecule has 3 fully saturated rings. The van der Waals surface area contributed by atoms with Crippen LogP contribution < -0.4 is 0 Å². The fraction of sp³-hybridized carbons (Fsp3) is 0.842. The standard InChI is InChI=1S/C7H14N.C7H13N.C5H11N.Rf/c2*1-6(2)8-4-7(3)5-8;1-5-3-6(2)4-5;/h7H,4-5H2,1-3H3;7H,1,4-5H2,2-3H3;5H,3-4H2,1-2H3;/q+1;;;. The minimum atomic E-state index is 0. The van der Waals surface area contributed by atoms with Gasteiger partial charge in [-0.05, 0) is 25.8 Å². The fourth-order valence-corrected chi connectivity index (χ4v) is 3.09. The van der Waals surface area contributed by atoms with Gasteiger partial charge < -0.3 is 9.80 Å². The molecule has 0 saturated carbocycles. The van der Waals surface area contributed by atoms with Crippen LogP contribution >= 0.6 is 0 Å². The summed E-state index contributed by atoms with van der Waals surface area (Å²) in [6, 6.07) is 0. The van der Waals surface area contributed by atoms with Crippen LogP contribution in [0.4, 0.5) is 0 Å². The molecule has 0 unspecified atom stereocenters. The maximum absolute atomic E-state index is 3.84. The minimum absolute atomic E-state index is 0. The third-order valence-electron chi connectivity index (χ3n) is 4.55. The van der Waals surface area contributed by atoms with Crippen molar-refractivity contribution < 1.29 is 4.58 Å². The maximum atomic E-state index is 3.84. The summed E-state index contributed by atoms with van der Waals surface area (Å²) in [5, 5.41) is 0. The summed E-state index contributed by atoms with van der Waals surface area (Å²) in [4.78, 5) is 4.62. The molecule has 4 heteroatoms. The predicted octanol–water partition coefficient (Wildman–Crippen LogP) is 3.17. The number of hydrogen-bond acceptors (Lipinski definition) is 2. The van der Waals surface area contributed by atoms with Gasteiger partial charge in [0.15, 0.2) is 13.1 Å². The zero-order valence-electron chi connectivity index (χ0n) is 16.7. The van der Waals surface area contributed by atoms with Gasteiger partial charge in [-0.2, -0.15) is 0 Å². The van der Waals surface area contributed by atoms with Crippen LogP contribution in [-0.4, -0.2) is 66.4 Å². The summed E-state index contributed by atoms with van der Waals surface area (Å²) in [5.74, 6) is 2.80. The second-order valence-electron chi connectivity index (χ2n) is 8.03. The van der Waals surface area contributed by atoms with Gasteiger partial charge >= 0.3 is 0 Å². The van der Waals surface area contributed by atoms with E-state index in [2.05, 4.69) is 69.5 Å². The largest absolute Gasteiger partial charge is 0.375 e. The van der Waals surface area contributed by atoms with Gasteiger partial charge in [0.1, 0.15) is 5.71 Å². The molecule has 3 saturated heterocycles. The van der Waals surface area contributed by atoms with Crippen LogP contribution in [0.5, 0.6) is 0 Å². The Bertz CT molecular complexity index is 375. The van der Waals surface area contributed by atoms with E-state index in [1.54, 1.807) is 0 Å². The molecular formula is C19H38N3Rf+. The number of allylic oxidation sites excluding steroid dienone is 1. The Morgan fingerprint density at radius 2 is 1.30 bits per heavy atom. The van der Waals surface area contributed by atoms with Crippen LogP contribution in [0.2, 0.25) is 0 Å². The van der Waals surface area contributed by atoms with Gasteiger partial charge in [0, 0.05) is 45.7 Å². The molecular weight excluding hydrogens is 537 g/mol. The van der Waals surface area contributed by atoms with E-state index in [1.807, 2.05) is 0 Å². The molecule has 0 aromatic rings. The monoisotopic (exact) mass is 575 g/mol. The summed E-state index contributed by atoms with van der Waals surface area (Å²) in [6.07, 6.45) is 0. The zero-order chi connectivity index (χ0) is 16.9. The first-order chi connectivity index (χ1) is 10.2. The van der Waals surface area contributed by atoms with E-state index < -0.39 is 0 Å². The van der Waals surface area contributed by atoms with Crippen molar-refractivity contribution in [1.82, 2.24) is 9.80 Å². The van der Waals surface area contributed by atoms with Gasteiger partial charge in [-0.1, -0.05) is 27.4 Å². The predicted molar refractivity (Wildman–Crippen MR) is 97.7 cm³/mol. The van der Waals surface area contributed by atoms with E-state index in [4.69, 9.17) is 0 Å². The average molecular weight is 576 g/mol. The van der Waals surface area contributed by atoms with Crippen molar-refractivity contribution in [2.75, 3.05) is 46.3 Å². The maximum Gasteiger partial charge on any atom is 0.151 e. The second-order valence-corrected chi connectivity index (χ2v) is 8.03.